The number of fused-ring (bicyclic) bond motifs is 2. The fraction of sp³-hybridized carbons (Fsp3) is 0.346. The third-order valence-corrected chi connectivity index (χ3v) is 6.88. The third-order valence-electron chi connectivity index (χ3n) is 5.76. The summed E-state index contributed by atoms with van der Waals surface area (Å²) in [6.45, 7) is 3.55. The zero-order valence-electron chi connectivity index (χ0n) is 20.7. The van der Waals surface area contributed by atoms with Crippen LogP contribution >= 0.6 is 11.3 Å². The second-order valence-corrected chi connectivity index (χ2v) is 9.58. The highest BCUT2D eigenvalue weighted by Gasteiger charge is 2.22. The Hall–Kier alpha value is -3.47. The van der Waals surface area contributed by atoms with Gasteiger partial charge in [-0.3, -0.25) is 14.3 Å². The summed E-state index contributed by atoms with van der Waals surface area (Å²) in [7, 11) is 3.75. The van der Waals surface area contributed by atoms with Gasteiger partial charge in [0.05, 0.1) is 27.2 Å². The van der Waals surface area contributed by atoms with E-state index in [0.717, 1.165) is 52.7 Å². The number of amides is 2. The molecule has 3 aromatic heterocycles. The molecule has 1 fully saturated rings. The number of aromatic nitrogens is 2. The van der Waals surface area contributed by atoms with Gasteiger partial charge in [-0.2, -0.15) is 0 Å². The van der Waals surface area contributed by atoms with Crippen molar-refractivity contribution in [2.24, 2.45) is 0 Å². The first-order valence-electron chi connectivity index (χ1n) is 11.9. The van der Waals surface area contributed by atoms with E-state index >= 15 is 0 Å². The summed E-state index contributed by atoms with van der Waals surface area (Å²) in [5.41, 5.74) is 2.28. The lowest BCUT2D eigenvalue weighted by Crippen LogP contribution is -2.31. The average Bonchev–Trinajstić information content (AvgIpc) is 3.61. The second-order valence-electron chi connectivity index (χ2n) is 8.53. The van der Waals surface area contributed by atoms with E-state index in [-0.39, 0.29) is 25.1 Å². The van der Waals surface area contributed by atoms with Crippen LogP contribution in [-0.2, 0) is 0 Å². The number of aliphatic hydroxyl groups excluding tert-OH is 1. The molecule has 1 aromatic carbocycles. The van der Waals surface area contributed by atoms with Crippen LogP contribution in [0.1, 0.15) is 28.2 Å². The van der Waals surface area contributed by atoms with Crippen molar-refractivity contribution in [2.45, 2.75) is 19.8 Å². The topological polar surface area (TPSA) is 109 Å². The SMILES string of the molecule is CNC.Cc1cc2cc(Oc3ccnc4cc(C(=O)N5CCCC5)sc34)ccc2n1C(=O)NCCO. The molecule has 9 nitrogen and oxygen atoms in total. The van der Waals surface area contributed by atoms with E-state index in [4.69, 9.17) is 9.84 Å². The number of carbonyl (C=O) groups is 2. The molecule has 0 unspecified atom stereocenters. The molecule has 0 bridgehead atoms. The van der Waals surface area contributed by atoms with Crippen LogP contribution in [0.2, 0.25) is 0 Å². The minimum Gasteiger partial charge on any atom is -0.456 e. The number of pyridine rings is 1. The number of thiophene rings is 1. The Bertz CT molecular complexity index is 1370. The van der Waals surface area contributed by atoms with E-state index in [0.29, 0.717) is 16.4 Å². The molecule has 0 spiro atoms. The molecule has 0 atom stereocenters. The van der Waals surface area contributed by atoms with Crippen molar-refractivity contribution in [2.75, 3.05) is 40.3 Å². The lowest BCUT2D eigenvalue weighted by Gasteiger charge is -2.13. The number of aliphatic hydroxyl groups is 1. The van der Waals surface area contributed by atoms with Gasteiger partial charge in [-0.1, -0.05) is 0 Å². The summed E-state index contributed by atoms with van der Waals surface area (Å²) < 4.78 is 8.60. The van der Waals surface area contributed by atoms with Crippen molar-refractivity contribution in [1.82, 2.24) is 25.1 Å². The fourth-order valence-electron chi connectivity index (χ4n) is 4.21. The van der Waals surface area contributed by atoms with Gasteiger partial charge in [-0.15, -0.1) is 11.3 Å². The Labute approximate surface area is 213 Å². The summed E-state index contributed by atoms with van der Waals surface area (Å²) in [6.07, 6.45) is 3.78. The molecular weight excluding hydrogens is 478 g/mol. The first-order chi connectivity index (χ1) is 17.5. The quantitative estimate of drug-likeness (QED) is 0.376. The van der Waals surface area contributed by atoms with Crippen molar-refractivity contribution in [3.63, 3.8) is 0 Å². The number of rotatable bonds is 5. The number of hydrogen-bond donors (Lipinski definition) is 3. The number of aryl methyl sites for hydroxylation is 1. The van der Waals surface area contributed by atoms with E-state index in [1.54, 1.807) is 16.8 Å². The van der Waals surface area contributed by atoms with Crippen LogP contribution in [-0.4, -0.2) is 71.8 Å². The van der Waals surface area contributed by atoms with Crippen LogP contribution in [0.5, 0.6) is 11.5 Å². The number of ether oxygens (including phenoxy) is 1. The molecule has 2 amide bonds. The molecule has 0 radical (unpaired) electrons. The van der Waals surface area contributed by atoms with E-state index in [2.05, 4.69) is 15.6 Å². The monoisotopic (exact) mass is 509 g/mol. The Kier molecular flexibility index (Phi) is 8.19. The van der Waals surface area contributed by atoms with E-state index in [9.17, 15) is 9.59 Å². The Morgan fingerprint density at radius 2 is 1.89 bits per heavy atom. The van der Waals surface area contributed by atoms with E-state index < -0.39 is 0 Å². The molecule has 0 aliphatic carbocycles. The smallest absolute Gasteiger partial charge is 0.326 e. The Morgan fingerprint density at radius 1 is 1.14 bits per heavy atom. The normalized spacial score (nSPS) is 13.1. The first kappa shape index (κ1) is 25.6. The summed E-state index contributed by atoms with van der Waals surface area (Å²) in [6, 6.07) is 10.8. The summed E-state index contributed by atoms with van der Waals surface area (Å²) >= 11 is 1.40. The van der Waals surface area contributed by atoms with Crippen molar-refractivity contribution in [3.05, 3.63) is 53.2 Å². The van der Waals surface area contributed by atoms with E-state index in [1.807, 2.05) is 56.3 Å². The predicted molar refractivity (Wildman–Crippen MR) is 142 cm³/mol. The van der Waals surface area contributed by atoms with Gasteiger partial charge in [-0.25, -0.2) is 4.79 Å². The summed E-state index contributed by atoms with van der Waals surface area (Å²) in [4.78, 5) is 32.2. The van der Waals surface area contributed by atoms with Crippen LogP contribution in [0.3, 0.4) is 0 Å². The van der Waals surface area contributed by atoms with Crippen molar-refractivity contribution in [3.8, 4) is 11.5 Å². The molecule has 36 heavy (non-hydrogen) atoms. The van der Waals surface area contributed by atoms with Gasteiger partial charge in [0.1, 0.15) is 11.5 Å². The van der Waals surface area contributed by atoms with Crippen LogP contribution in [0, 0.1) is 6.92 Å². The number of nitrogens with one attached hydrogen (secondary N) is 2. The molecule has 1 aliphatic heterocycles. The average molecular weight is 510 g/mol. The molecule has 4 heterocycles. The van der Waals surface area contributed by atoms with Crippen LogP contribution in [0.4, 0.5) is 4.79 Å². The van der Waals surface area contributed by atoms with Crippen LogP contribution < -0.4 is 15.4 Å². The summed E-state index contributed by atoms with van der Waals surface area (Å²) in [5.74, 6) is 1.32. The van der Waals surface area contributed by atoms with Gasteiger partial charge < -0.3 is 25.4 Å². The number of nitrogens with zero attached hydrogens (tertiary/aromatic N) is 3. The lowest BCUT2D eigenvalue weighted by atomic mass is 10.2. The highest BCUT2D eigenvalue weighted by Crippen LogP contribution is 2.36. The standard InChI is InChI=1S/C24H24N4O4S.C2H7N/c1-15-12-16-13-17(4-5-19(16)28(15)24(31)26-8-11-29)32-20-6-7-25-18-14-21(33-22(18)20)23(30)27-9-2-3-10-27;1-3-2/h4-7,12-14,29H,2-3,8-11H2,1H3,(H,26,31);3H,1-2H3. The highest BCUT2D eigenvalue weighted by atomic mass is 32.1. The lowest BCUT2D eigenvalue weighted by molar-refractivity contribution is 0.0797. The Balaban J connectivity index is 0.000000967. The molecule has 190 valence electrons. The maximum absolute atomic E-state index is 12.8. The number of likely N-dealkylation sites (tertiary alicyclic amines) is 1. The van der Waals surface area contributed by atoms with Crippen LogP contribution in [0.25, 0.3) is 21.1 Å². The number of carbonyl (C=O) groups excluding carboxylic acids is 2. The molecule has 4 aromatic rings. The second kappa shape index (κ2) is 11.5. The molecule has 5 rings (SSSR count). The molecule has 0 saturated carbocycles. The predicted octanol–water partition coefficient (Wildman–Crippen LogP) is 3.97. The van der Waals surface area contributed by atoms with Crippen LogP contribution in [0.15, 0.2) is 42.6 Å². The molecule has 1 saturated heterocycles. The maximum Gasteiger partial charge on any atom is 0.326 e. The molecule has 1 aliphatic rings. The number of benzene rings is 1. The molecule has 3 N–H and O–H groups in total. The number of hydrogen-bond acceptors (Lipinski definition) is 7. The zero-order chi connectivity index (χ0) is 25.7. The van der Waals surface area contributed by atoms with Gasteiger partial charge in [-0.05, 0) is 64.2 Å². The minimum absolute atomic E-state index is 0.0548. The van der Waals surface area contributed by atoms with Crippen molar-refractivity contribution < 1.29 is 19.4 Å². The fourth-order valence-corrected chi connectivity index (χ4v) is 5.24. The summed E-state index contributed by atoms with van der Waals surface area (Å²) in [5, 5.41) is 15.3. The van der Waals surface area contributed by atoms with E-state index in [1.165, 1.54) is 11.3 Å². The third kappa shape index (κ3) is 5.35. The Morgan fingerprint density at radius 3 is 2.61 bits per heavy atom. The van der Waals surface area contributed by atoms with Crippen molar-refractivity contribution >= 4 is 44.4 Å². The largest absolute Gasteiger partial charge is 0.456 e. The molecule has 10 heteroatoms. The maximum atomic E-state index is 12.8. The molecular formula is C26H31N5O4S. The van der Waals surface area contributed by atoms with Gasteiger partial charge in [0.15, 0.2) is 0 Å². The highest BCUT2D eigenvalue weighted by molar-refractivity contribution is 7.21. The zero-order valence-corrected chi connectivity index (χ0v) is 21.5. The van der Waals surface area contributed by atoms with Gasteiger partial charge >= 0.3 is 6.03 Å². The van der Waals surface area contributed by atoms with Gasteiger partial charge in [0, 0.05) is 43.0 Å². The minimum atomic E-state index is -0.283. The van der Waals surface area contributed by atoms with Gasteiger partial charge in [0.25, 0.3) is 5.91 Å². The first-order valence-corrected chi connectivity index (χ1v) is 12.7. The van der Waals surface area contributed by atoms with Crippen molar-refractivity contribution in [1.29, 1.82) is 0 Å². The van der Waals surface area contributed by atoms with Gasteiger partial charge in [0.2, 0.25) is 0 Å².